The lowest BCUT2D eigenvalue weighted by Gasteiger charge is -2.49. The number of halogens is 5. The van der Waals surface area contributed by atoms with Crippen molar-refractivity contribution in [2.24, 2.45) is 5.41 Å². The molecule has 0 aromatic carbocycles. The fourth-order valence-electron chi connectivity index (χ4n) is 4.56. The van der Waals surface area contributed by atoms with E-state index in [1.54, 1.807) is 6.07 Å². The van der Waals surface area contributed by atoms with Gasteiger partial charge in [0.15, 0.2) is 5.65 Å². The number of alkyl halides is 5. The minimum absolute atomic E-state index is 0.115. The molecule has 0 bridgehead atoms. The van der Waals surface area contributed by atoms with Gasteiger partial charge in [-0.3, -0.25) is 4.98 Å². The highest BCUT2D eigenvalue weighted by molar-refractivity contribution is 5.81. The smallest absolute Gasteiger partial charge is 0.433 e. The summed E-state index contributed by atoms with van der Waals surface area (Å²) >= 11 is 0. The van der Waals surface area contributed by atoms with Crippen molar-refractivity contribution < 1.29 is 26.7 Å². The minimum Gasteiger partial charge on any atom is -0.480 e. The van der Waals surface area contributed by atoms with Crippen molar-refractivity contribution in [3.63, 3.8) is 0 Å². The molecule has 176 valence electrons. The number of methoxy groups -OCH3 is 1. The maximum absolute atomic E-state index is 13.0. The summed E-state index contributed by atoms with van der Waals surface area (Å²) < 4.78 is 71.2. The molecule has 8 nitrogen and oxygen atoms in total. The van der Waals surface area contributed by atoms with E-state index in [1.165, 1.54) is 19.5 Å². The molecule has 0 atom stereocenters. The van der Waals surface area contributed by atoms with Crippen LogP contribution < -0.4 is 14.5 Å². The topological polar surface area (TPSA) is 72.2 Å². The molecule has 0 N–H and O–H groups in total. The Morgan fingerprint density at radius 1 is 1.15 bits per heavy atom. The van der Waals surface area contributed by atoms with Gasteiger partial charge < -0.3 is 14.5 Å². The van der Waals surface area contributed by atoms with Crippen LogP contribution in [-0.2, 0) is 12.7 Å². The van der Waals surface area contributed by atoms with Crippen LogP contribution in [0.5, 0.6) is 5.88 Å². The number of rotatable bonds is 5. The number of nitrogens with zero attached hydrogens (tertiary/aromatic N) is 7. The van der Waals surface area contributed by atoms with Gasteiger partial charge in [-0.2, -0.15) is 28.2 Å². The zero-order valence-electron chi connectivity index (χ0n) is 17.6. The van der Waals surface area contributed by atoms with Gasteiger partial charge in [0.25, 0.3) is 6.43 Å². The van der Waals surface area contributed by atoms with E-state index in [0.29, 0.717) is 43.2 Å². The third kappa shape index (κ3) is 3.89. The Kier molecular flexibility index (Phi) is 5.01. The largest absolute Gasteiger partial charge is 0.480 e. The third-order valence-corrected chi connectivity index (χ3v) is 6.13. The van der Waals surface area contributed by atoms with Crippen LogP contribution in [0.3, 0.4) is 0 Å². The van der Waals surface area contributed by atoms with Crippen molar-refractivity contribution in [3.8, 4) is 5.88 Å². The van der Waals surface area contributed by atoms with Gasteiger partial charge >= 0.3 is 6.18 Å². The Labute approximate surface area is 185 Å². The lowest BCUT2D eigenvalue weighted by Crippen LogP contribution is -2.57. The molecule has 0 radical (unpaired) electrons. The summed E-state index contributed by atoms with van der Waals surface area (Å²) in [5, 5.41) is 4.43. The monoisotopic (exact) mass is 469 g/mol. The van der Waals surface area contributed by atoms with Gasteiger partial charge in [-0.25, -0.2) is 13.5 Å². The summed E-state index contributed by atoms with van der Waals surface area (Å²) in [6, 6.07) is 2.63. The van der Waals surface area contributed by atoms with Crippen molar-refractivity contribution in [2.75, 3.05) is 43.1 Å². The molecular formula is C20H20F5N7O. The molecule has 1 spiro atoms. The van der Waals surface area contributed by atoms with E-state index in [-0.39, 0.29) is 16.9 Å². The van der Waals surface area contributed by atoms with E-state index in [0.717, 1.165) is 17.2 Å². The molecule has 0 amide bonds. The number of hydrogen-bond acceptors (Lipinski definition) is 7. The normalized spacial score (nSPS) is 17.9. The van der Waals surface area contributed by atoms with Crippen LogP contribution in [0.2, 0.25) is 0 Å². The highest BCUT2D eigenvalue weighted by atomic mass is 19.4. The summed E-state index contributed by atoms with van der Waals surface area (Å²) in [6.45, 7) is 1.82. The van der Waals surface area contributed by atoms with Gasteiger partial charge in [0.05, 0.1) is 13.3 Å². The second-order valence-electron chi connectivity index (χ2n) is 8.41. The lowest BCUT2D eigenvalue weighted by atomic mass is 9.79. The van der Waals surface area contributed by atoms with Crippen LogP contribution in [0, 0.1) is 5.41 Å². The number of pyridine rings is 1. The first-order valence-corrected chi connectivity index (χ1v) is 10.3. The van der Waals surface area contributed by atoms with Crippen LogP contribution in [0.4, 0.5) is 33.6 Å². The Hall–Kier alpha value is -3.25. The molecular weight excluding hydrogens is 449 g/mol. The van der Waals surface area contributed by atoms with Crippen LogP contribution >= 0.6 is 0 Å². The Morgan fingerprint density at radius 2 is 1.91 bits per heavy atom. The maximum Gasteiger partial charge on any atom is 0.433 e. The second-order valence-corrected chi connectivity index (χ2v) is 8.41. The molecule has 13 heteroatoms. The van der Waals surface area contributed by atoms with Gasteiger partial charge in [-0.05, 0) is 18.6 Å². The quantitative estimate of drug-likeness (QED) is 0.532. The first kappa shape index (κ1) is 21.6. The fraction of sp³-hybridized carbons (Fsp3) is 0.500. The molecule has 0 unspecified atom stereocenters. The molecule has 0 aliphatic carbocycles. The van der Waals surface area contributed by atoms with E-state index in [1.807, 2.05) is 9.80 Å². The molecule has 2 aliphatic rings. The van der Waals surface area contributed by atoms with Crippen molar-refractivity contribution in [1.82, 2.24) is 24.7 Å². The van der Waals surface area contributed by atoms with E-state index >= 15 is 0 Å². The SMILES string of the molecule is COc1nc(N2CCC3(CN(c4ccnc(C(F)(F)F)c4)C3)C2)nc2c1cnn2CC(F)F. The van der Waals surface area contributed by atoms with Crippen molar-refractivity contribution in [1.29, 1.82) is 0 Å². The van der Waals surface area contributed by atoms with Crippen LogP contribution in [0.25, 0.3) is 11.0 Å². The maximum atomic E-state index is 13.0. The molecule has 33 heavy (non-hydrogen) atoms. The Balaban J connectivity index is 1.34. The summed E-state index contributed by atoms with van der Waals surface area (Å²) in [7, 11) is 1.44. The summed E-state index contributed by atoms with van der Waals surface area (Å²) in [6.07, 6.45) is -3.70. The summed E-state index contributed by atoms with van der Waals surface area (Å²) in [4.78, 5) is 16.2. The number of anilines is 2. The minimum atomic E-state index is -4.49. The van der Waals surface area contributed by atoms with E-state index in [9.17, 15) is 22.0 Å². The van der Waals surface area contributed by atoms with Crippen LogP contribution in [0.15, 0.2) is 24.5 Å². The van der Waals surface area contributed by atoms with Gasteiger partial charge in [-0.15, -0.1) is 0 Å². The van der Waals surface area contributed by atoms with E-state index in [4.69, 9.17) is 4.74 Å². The highest BCUT2D eigenvalue weighted by Gasteiger charge is 2.48. The number of hydrogen-bond donors (Lipinski definition) is 0. The summed E-state index contributed by atoms with van der Waals surface area (Å²) in [5.41, 5.74) is -0.277. The van der Waals surface area contributed by atoms with Crippen LogP contribution in [-0.4, -0.2) is 64.4 Å². The molecule has 5 rings (SSSR count). The highest BCUT2D eigenvalue weighted by Crippen LogP contribution is 2.43. The Morgan fingerprint density at radius 3 is 2.61 bits per heavy atom. The standard InChI is InChI=1S/C20H20F5N7O/c1-33-17-13-7-27-32(8-15(21)22)16(13)28-18(29-17)30-5-3-19(9-30)10-31(11-19)12-2-4-26-14(6-12)20(23,24)25/h2,4,6-7,15H,3,5,8-11H2,1H3. The molecule has 2 saturated heterocycles. The number of fused-ring (bicyclic) bond motifs is 1. The molecule has 2 aliphatic heterocycles. The molecule has 0 saturated carbocycles. The van der Waals surface area contributed by atoms with Gasteiger partial charge in [-0.1, -0.05) is 0 Å². The number of ether oxygens (including phenoxy) is 1. The van der Waals surface area contributed by atoms with E-state index < -0.39 is 24.8 Å². The lowest BCUT2D eigenvalue weighted by molar-refractivity contribution is -0.141. The number of aromatic nitrogens is 5. The zero-order valence-corrected chi connectivity index (χ0v) is 17.6. The molecule has 5 heterocycles. The first-order valence-electron chi connectivity index (χ1n) is 10.3. The van der Waals surface area contributed by atoms with Gasteiger partial charge in [0.1, 0.15) is 17.6 Å². The van der Waals surface area contributed by atoms with E-state index in [2.05, 4.69) is 20.1 Å². The van der Waals surface area contributed by atoms with Gasteiger partial charge in [0.2, 0.25) is 11.8 Å². The van der Waals surface area contributed by atoms with Crippen molar-refractivity contribution >= 4 is 22.7 Å². The average Bonchev–Trinajstić information content (AvgIpc) is 3.36. The first-order chi connectivity index (χ1) is 15.7. The Bertz CT molecular complexity index is 1180. The molecule has 3 aromatic heterocycles. The second kappa shape index (κ2) is 7.66. The predicted octanol–water partition coefficient (Wildman–Crippen LogP) is 3.23. The fourth-order valence-corrected chi connectivity index (χ4v) is 4.56. The zero-order chi connectivity index (χ0) is 23.4. The third-order valence-electron chi connectivity index (χ3n) is 6.13. The molecule has 2 fully saturated rings. The van der Waals surface area contributed by atoms with Gasteiger partial charge in [0, 0.05) is 43.5 Å². The molecule has 3 aromatic rings. The summed E-state index contributed by atoms with van der Waals surface area (Å²) in [5.74, 6) is 0.608. The average molecular weight is 469 g/mol. The van der Waals surface area contributed by atoms with Crippen LogP contribution in [0.1, 0.15) is 12.1 Å². The predicted molar refractivity (Wildman–Crippen MR) is 109 cm³/mol. The van der Waals surface area contributed by atoms with Crippen molar-refractivity contribution in [2.45, 2.75) is 25.6 Å². The van der Waals surface area contributed by atoms with Crippen molar-refractivity contribution in [3.05, 3.63) is 30.2 Å².